The number of hydrogen-bond donors (Lipinski definition) is 2. The molecule has 0 saturated carbocycles. The molecular formula is C10H14ClN3O2. The molecular weight excluding hydrogens is 230 g/mol. The van der Waals surface area contributed by atoms with Gasteiger partial charge >= 0.3 is 6.09 Å². The van der Waals surface area contributed by atoms with Crippen molar-refractivity contribution in [3.8, 4) is 0 Å². The topological polar surface area (TPSA) is 74.6 Å². The molecule has 1 aromatic rings. The number of carboxylic acid groups (broad SMARTS) is 1. The highest BCUT2D eigenvalue weighted by molar-refractivity contribution is 6.00. The van der Waals surface area contributed by atoms with Gasteiger partial charge in [-0.05, 0) is 18.6 Å². The normalized spacial score (nSPS) is 10.4. The second-order valence-corrected chi connectivity index (χ2v) is 2.96. The Bertz CT molecular complexity index is 354. The first kappa shape index (κ1) is 14.4. The molecule has 0 unspecified atom stereocenters. The van der Waals surface area contributed by atoms with Gasteiger partial charge in [-0.2, -0.15) is 5.10 Å². The first-order valence-corrected chi connectivity index (χ1v) is 4.70. The zero-order chi connectivity index (χ0) is 11.1. The van der Waals surface area contributed by atoms with Crippen LogP contribution in [0.2, 0.25) is 0 Å². The Morgan fingerprint density at radius 2 is 2.12 bits per heavy atom. The number of hydrogen-bond acceptors (Lipinski definition) is 3. The fourth-order valence-electron chi connectivity index (χ4n) is 1.16. The molecule has 0 aliphatic rings. The summed E-state index contributed by atoms with van der Waals surface area (Å²) in [5, 5.41) is 12.3. The maximum Gasteiger partial charge on any atom is 0.425 e. The Kier molecular flexibility index (Phi) is 6.87. The number of aromatic nitrogens is 1. The van der Waals surface area contributed by atoms with Gasteiger partial charge in [0, 0.05) is 18.0 Å². The third kappa shape index (κ3) is 4.75. The summed E-state index contributed by atoms with van der Waals surface area (Å²) in [6.45, 7) is 2.01. The molecule has 2 N–H and O–H groups in total. The SMILES string of the molecule is CCC/C(=N\NC(=O)O)c1ccncc1.Cl. The predicted octanol–water partition coefficient (Wildman–Crippen LogP) is 2.28. The molecule has 16 heavy (non-hydrogen) atoms. The molecule has 1 aromatic heterocycles. The van der Waals surface area contributed by atoms with Gasteiger partial charge < -0.3 is 5.11 Å². The molecule has 0 aliphatic carbocycles. The second kappa shape index (κ2) is 7.64. The minimum Gasteiger partial charge on any atom is -0.464 e. The predicted molar refractivity (Wildman–Crippen MR) is 64.1 cm³/mol. The lowest BCUT2D eigenvalue weighted by Crippen LogP contribution is -2.17. The summed E-state index contributed by atoms with van der Waals surface area (Å²) < 4.78 is 0. The summed E-state index contributed by atoms with van der Waals surface area (Å²) in [7, 11) is 0. The van der Waals surface area contributed by atoms with E-state index in [4.69, 9.17) is 5.11 Å². The molecule has 6 heteroatoms. The van der Waals surface area contributed by atoms with Crippen molar-refractivity contribution in [2.75, 3.05) is 0 Å². The van der Waals surface area contributed by atoms with Crippen molar-refractivity contribution in [2.45, 2.75) is 19.8 Å². The Labute approximate surface area is 100.0 Å². The number of rotatable bonds is 4. The van der Waals surface area contributed by atoms with E-state index in [1.54, 1.807) is 24.5 Å². The molecule has 0 saturated heterocycles. The number of amides is 1. The fraction of sp³-hybridized carbons (Fsp3) is 0.300. The number of halogens is 1. The monoisotopic (exact) mass is 243 g/mol. The van der Waals surface area contributed by atoms with Crippen molar-refractivity contribution in [3.05, 3.63) is 30.1 Å². The lowest BCUT2D eigenvalue weighted by atomic mass is 10.1. The fourth-order valence-corrected chi connectivity index (χ4v) is 1.16. The average molecular weight is 244 g/mol. The van der Waals surface area contributed by atoms with Crippen LogP contribution < -0.4 is 5.43 Å². The molecule has 0 bridgehead atoms. The van der Waals surface area contributed by atoms with Crippen LogP contribution in [0, 0.1) is 0 Å². The van der Waals surface area contributed by atoms with Crippen LogP contribution in [0.25, 0.3) is 0 Å². The van der Waals surface area contributed by atoms with Crippen molar-refractivity contribution >= 4 is 24.2 Å². The molecule has 0 aromatic carbocycles. The molecule has 0 aliphatic heterocycles. The van der Waals surface area contributed by atoms with Crippen LogP contribution in [0.3, 0.4) is 0 Å². The molecule has 88 valence electrons. The van der Waals surface area contributed by atoms with Crippen molar-refractivity contribution < 1.29 is 9.90 Å². The standard InChI is InChI=1S/C10H13N3O2.ClH/c1-2-3-9(12-13-10(14)15)8-4-6-11-7-5-8;/h4-7,13H,2-3H2,1H3,(H,14,15);1H/b12-9+;. The van der Waals surface area contributed by atoms with Crippen LogP contribution in [0.5, 0.6) is 0 Å². The van der Waals surface area contributed by atoms with Crippen molar-refractivity contribution in [3.63, 3.8) is 0 Å². The van der Waals surface area contributed by atoms with Gasteiger partial charge in [0.05, 0.1) is 5.71 Å². The number of pyridine rings is 1. The first-order chi connectivity index (χ1) is 7.24. The van der Waals surface area contributed by atoms with Gasteiger partial charge in [-0.1, -0.05) is 13.3 Å². The quantitative estimate of drug-likeness (QED) is 0.629. The summed E-state index contributed by atoms with van der Waals surface area (Å²) in [5.41, 5.74) is 3.63. The molecule has 0 spiro atoms. The Hall–Kier alpha value is -1.62. The van der Waals surface area contributed by atoms with Crippen LogP contribution >= 0.6 is 12.4 Å². The van der Waals surface area contributed by atoms with E-state index in [0.717, 1.165) is 24.1 Å². The van der Waals surface area contributed by atoms with Crippen LogP contribution in [0.1, 0.15) is 25.3 Å². The van der Waals surface area contributed by atoms with E-state index in [1.807, 2.05) is 12.3 Å². The molecule has 1 rings (SSSR count). The van der Waals surface area contributed by atoms with E-state index in [2.05, 4.69) is 10.1 Å². The van der Waals surface area contributed by atoms with E-state index >= 15 is 0 Å². The van der Waals surface area contributed by atoms with Crippen molar-refractivity contribution in [1.29, 1.82) is 0 Å². The maximum absolute atomic E-state index is 10.3. The molecule has 0 atom stereocenters. The summed E-state index contributed by atoms with van der Waals surface area (Å²) in [5.74, 6) is 0. The third-order valence-electron chi connectivity index (χ3n) is 1.79. The lowest BCUT2D eigenvalue weighted by Gasteiger charge is -2.04. The highest BCUT2D eigenvalue weighted by Gasteiger charge is 2.02. The Morgan fingerprint density at radius 3 is 2.62 bits per heavy atom. The van der Waals surface area contributed by atoms with Gasteiger partial charge in [0.25, 0.3) is 0 Å². The summed E-state index contributed by atoms with van der Waals surface area (Å²) in [6.07, 6.45) is 3.78. The first-order valence-electron chi connectivity index (χ1n) is 4.70. The van der Waals surface area contributed by atoms with Gasteiger partial charge in [-0.25, -0.2) is 10.2 Å². The number of hydrazone groups is 1. The summed E-state index contributed by atoms with van der Waals surface area (Å²) >= 11 is 0. The van der Waals surface area contributed by atoms with Gasteiger partial charge in [0.15, 0.2) is 0 Å². The molecule has 0 radical (unpaired) electrons. The zero-order valence-corrected chi connectivity index (χ0v) is 9.70. The largest absolute Gasteiger partial charge is 0.464 e. The van der Waals surface area contributed by atoms with Crippen LogP contribution in [-0.4, -0.2) is 21.9 Å². The molecule has 0 fully saturated rings. The van der Waals surface area contributed by atoms with Gasteiger partial charge in [0.2, 0.25) is 0 Å². The minimum atomic E-state index is -1.15. The van der Waals surface area contributed by atoms with E-state index in [9.17, 15) is 4.79 Å². The average Bonchev–Trinajstić information content (AvgIpc) is 2.25. The highest BCUT2D eigenvalue weighted by atomic mass is 35.5. The smallest absolute Gasteiger partial charge is 0.425 e. The Morgan fingerprint density at radius 1 is 1.50 bits per heavy atom. The van der Waals surface area contributed by atoms with Gasteiger partial charge in [-0.3, -0.25) is 4.98 Å². The van der Waals surface area contributed by atoms with Crippen molar-refractivity contribution in [1.82, 2.24) is 10.4 Å². The molecule has 1 amide bonds. The van der Waals surface area contributed by atoms with Crippen LogP contribution in [0.15, 0.2) is 29.6 Å². The molecule has 5 nitrogen and oxygen atoms in total. The number of carbonyl (C=O) groups is 1. The number of nitrogens with one attached hydrogen (secondary N) is 1. The van der Waals surface area contributed by atoms with E-state index in [-0.39, 0.29) is 12.4 Å². The second-order valence-electron chi connectivity index (χ2n) is 2.96. The van der Waals surface area contributed by atoms with Crippen molar-refractivity contribution in [2.24, 2.45) is 5.10 Å². The summed E-state index contributed by atoms with van der Waals surface area (Å²) in [6, 6.07) is 3.61. The Balaban J connectivity index is 0.00000225. The van der Waals surface area contributed by atoms with E-state index < -0.39 is 6.09 Å². The zero-order valence-electron chi connectivity index (χ0n) is 8.88. The third-order valence-corrected chi connectivity index (χ3v) is 1.79. The van der Waals surface area contributed by atoms with Crippen LogP contribution in [-0.2, 0) is 0 Å². The minimum absolute atomic E-state index is 0. The highest BCUT2D eigenvalue weighted by Crippen LogP contribution is 2.04. The number of nitrogens with zero attached hydrogens (tertiary/aromatic N) is 2. The van der Waals surface area contributed by atoms with E-state index in [0.29, 0.717) is 0 Å². The molecule has 1 heterocycles. The van der Waals surface area contributed by atoms with E-state index in [1.165, 1.54) is 0 Å². The summed E-state index contributed by atoms with van der Waals surface area (Å²) in [4.78, 5) is 14.2. The van der Waals surface area contributed by atoms with Gasteiger partial charge in [-0.15, -0.1) is 12.4 Å². The maximum atomic E-state index is 10.3. The lowest BCUT2D eigenvalue weighted by molar-refractivity contribution is 0.195. The van der Waals surface area contributed by atoms with Gasteiger partial charge in [0.1, 0.15) is 0 Å². The van der Waals surface area contributed by atoms with Crippen LogP contribution in [0.4, 0.5) is 4.79 Å².